The van der Waals surface area contributed by atoms with Gasteiger partial charge in [0.25, 0.3) is 5.91 Å². The topological polar surface area (TPSA) is 75.7 Å². The number of nitrogens with zero attached hydrogens (tertiary/aromatic N) is 1. The maximum Gasteiger partial charge on any atom is 0.254 e. The average molecular weight is 406 g/mol. The number of rotatable bonds is 6. The number of hydrogen-bond acceptors (Lipinski definition) is 4. The maximum atomic E-state index is 14.3. The van der Waals surface area contributed by atoms with Crippen LogP contribution in [0, 0.1) is 5.82 Å². The molecule has 0 spiro atoms. The van der Waals surface area contributed by atoms with E-state index in [0.717, 1.165) is 17.7 Å². The molecule has 0 aliphatic carbocycles. The van der Waals surface area contributed by atoms with Crippen molar-refractivity contribution in [3.05, 3.63) is 59.4 Å². The summed E-state index contributed by atoms with van der Waals surface area (Å²) in [5.74, 6) is -0.746. The minimum atomic E-state index is -3.79. The van der Waals surface area contributed by atoms with Gasteiger partial charge in [-0.1, -0.05) is 32.0 Å². The average Bonchev–Trinajstić information content (AvgIpc) is 2.69. The van der Waals surface area contributed by atoms with E-state index in [2.05, 4.69) is 5.32 Å². The molecular formula is C20H23FN2O4S. The summed E-state index contributed by atoms with van der Waals surface area (Å²) in [7, 11) is -3.79. The highest BCUT2D eigenvalue weighted by Crippen LogP contribution is 2.32. The number of sulfonamides is 1. The lowest BCUT2D eigenvalue weighted by Gasteiger charge is -2.26. The Labute approximate surface area is 164 Å². The molecule has 0 aromatic heterocycles. The molecule has 1 aliphatic rings. The molecule has 3 rings (SSSR count). The standard InChI is InChI=1S/C20H23FN2O4S/c1-3-23(4-2)28(25,26)14-9-10-17(21)16(13-14)20(24)22-18-11-12-27-19-8-6-5-7-15(18)19/h5-10,13,18H,3-4,11-12H2,1-2H3,(H,22,24)/t18-/m0/s1. The summed E-state index contributed by atoms with van der Waals surface area (Å²) in [6.07, 6.45) is 0.543. The van der Waals surface area contributed by atoms with Crippen molar-refractivity contribution in [1.82, 2.24) is 9.62 Å². The van der Waals surface area contributed by atoms with Crippen molar-refractivity contribution in [2.75, 3.05) is 19.7 Å². The van der Waals surface area contributed by atoms with E-state index in [1.807, 2.05) is 24.3 Å². The number of fused-ring (bicyclic) bond motifs is 1. The number of amides is 1. The fourth-order valence-corrected chi connectivity index (χ4v) is 4.76. The maximum absolute atomic E-state index is 14.3. The van der Waals surface area contributed by atoms with Gasteiger partial charge in [0.15, 0.2) is 0 Å². The van der Waals surface area contributed by atoms with Crippen LogP contribution in [0.4, 0.5) is 4.39 Å². The second-order valence-corrected chi connectivity index (χ2v) is 8.37. The zero-order valence-corrected chi connectivity index (χ0v) is 16.6. The van der Waals surface area contributed by atoms with Crippen molar-refractivity contribution in [3.8, 4) is 5.75 Å². The molecule has 28 heavy (non-hydrogen) atoms. The molecule has 0 bridgehead atoms. The molecule has 0 unspecified atom stereocenters. The van der Waals surface area contributed by atoms with Gasteiger partial charge in [0.1, 0.15) is 11.6 Å². The smallest absolute Gasteiger partial charge is 0.254 e. The molecule has 0 fully saturated rings. The molecule has 6 nitrogen and oxygen atoms in total. The minimum Gasteiger partial charge on any atom is -0.493 e. The predicted octanol–water partition coefficient (Wildman–Crippen LogP) is 3.11. The Balaban J connectivity index is 1.89. The molecule has 0 saturated carbocycles. The van der Waals surface area contributed by atoms with Crippen molar-refractivity contribution in [1.29, 1.82) is 0 Å². The van der Waals surface area contributed by atoms with Gasteiger partial charge in [-0.3, -0.25) is 4.79 Å². The van der Waals surface area contributed by atoms with E-state index in [-0.39, 0.29) is 29.6 Å². The van der Waals surface area contributed by atoms with Crippen LogP contribution < -0.4 is 10.1 Å². The van der Waals surface area contributed by atoms with Crippen LogP contribution in [-0.4, -0.2) is 38.3 Å². The highest BCUT2D eigenvalue weighted by atomic mass is 32.2. The third-order valence-electron chi connectivity index (χ3n) is 4.79. The van der Waals surface area contributed by atoms with E-state index < -0.39 is 21.7 Å². The molecule has 150 valence electrons. The number of halogens is 1. The quantitative estimate of drug-likeness (QED) is 0.800. The van der Waals surface area contributed by atoms with Gasteiger partial charge in [-0.05, 0) is 24.3 Å². The first-order valence-electron chi connectivity index (χ1n) is 9.20. The van der Waals surface area contributed by atoms with Gasteiger partial charge >= 0.3 is 0 Å². The molecule has 1 aliphatic heterocycles. The van der Waals surface area contributed by atoms with Crippen LogP contribution in [0.1, 0.15) is 42.2 Å². The highest BCUT2D eigenvalue weighted by molar-refractivity contribution is 7.89. The number of ether oxygens (including phenoxy) is 1. The third kappa shape index (κ3) is 3.88. The van der Waals surface area contributed by atoms with Gasteiger partial charge in [0.2, 0.25) is 10.0 Å². The van der Waals surface area contributed by atoms with Crippen LogP contribution in [0.25, 0.3) is 0 Å². The van der Waals surface area contributed by atoms with E-state index in [1.54, 1.807) is 13.8 Å². The molecule has 1 atom stereocenters. The first-order chi connectivity index (χ1) is 13.4. The van der Waals surface area contributed by atoms with Crippen molar-refractivity contribution >= 4 is 15.9 Å². The van der Waals surface area contributed by atoms with E-state index in [0.29, 0.717) is 18.8 Å². The van der Waals surface area contributed by atoms with E-state index in [4.69, 9.17) is 4.74 Å². The molecule has 1 heterocycles. The number of nitrogens with one attached hydrogen (secondary N) is 1. The molecule has 1 N–H and O–H groups in total. The number of benzene rings is 2. The molecule has 0 saturated heterocycles. The Bertz CT molecular complexity index is 974. The van der Waals surface area contributed by atoms with Crippen LogP contribution in [0.2, 0.25) is 0 Å². The number of carbonyl (C=O) groups excluding carboxylic acids is 1. The normalized spacial score (nSPS) is 16.4. The Morgan fingerprint density at radius 2 is 1.93 bits per heavy atom. The number of para-hydroxylation sites is 1. The number of carbonyl (C=O) groups is 1. The molecule has 8 heteroatoms. The highest BCUT2D eigenvalue weighted by Gasteiger charge is 2.27. The summed E-state index contributed by atoms with van der Waals surface area (Å²) in [5, 5.41) is 2.80. The molecule has 1 amide bonds. The monoisotopic (exact) mass is 406 g/mol. The van der Waals surface area contributed by atoms with Crippen LogP contribution >= 0.6 is 0 Å². The summed E-state index contributed by atoms with van der Waals surface area (Å²) in [6.45, 7) is 4.45. The van der Waals surface area contributed by atoms with Gasteiger partial charge in [0.05, 0.1) is 23.1 Å². The Kier molecular flexibility index (Phi) is 6.00. The predicted molar refractivity (Wildman–Crippen MR) is 103 cm³/mol. The van der Waals surface area contributed by atoms with E-state index in [9.17, 15) is 17.6 Å². The van der Waals surface area contributed by atoms with Gasteiger partial charge in [-0.15, -0.1) is 0 Å². The van der Waals surface area contributed by atoms with Crippen molar-refractivity contribution in [3.63, 3.8) is 0 Å². The Morgan fingerprint density at radius 1 is 1.21 bits per heavy atom. The van der Waals surface area contributed by atoms with Gasteiger partial charge in [-0.2, -0.15) is 4.31 Å². The van der Waals surface area contributed by atoms with Crippen molar-refractivity contribution in [2.24, 2.45) is 0 Å². The zero-order chi connectivity index (χ0) is 20.3. The fourth-order valence-electron chi connectivity index (χ4n) is 3.28. The van der Waals surface area contributed by atoms with Crippen molar-refractivity contribution in [2.45, 2.75) is 31.2 Å². The third-order valence-corrected chi connectivity index (χ3v) is 6.84. The van der Waals surface area contributed by atoms with Crippen molar-refractivity contribution < 1.29 is 22.3 Å². The Morgan fingerprint density at radius 3 is 2.64 bits per heavy atom. The van der Waals surface area contributed by atoms with E-state index in [1.165, 1.54) is 10.4 Å². The summed E-state index contributed by atoms with van der Waals surface area (Å²) >= 11 is 0. The van der Waals surface area contributed by atoms with Crippen LogP contribution in [-0.2, 0) is 10.0 Å². The summed E-state index contributed by atoms with van der Waals surface area (Å²) < 4.78 is 46.5. The van der Waals surface area contributed by atoms with Crippen LogP contribution in [0.3, 0.4) is 0 Å². The minimum absolute atomic E-state index is 0.102. The molecule has 0 radical (unpaired) electrons. The Hall–Kier alpha value is -2.45. The first kappa shape index (κ1) is 20.3. The summed E-state index contributed by atoms with van der Waals surface area (Å²) in [4.78, 5) is 12.6. The lowest BCUT2D eigenvalue weighted by Crippen LogP contribution is -2.33. The van der Waals surface area contributed by atoms with Crippen LogP contribution in [0.5, 0.6) is 5.75 Å². The fraction of sp³-hybridized carbons (Fsp3) is 0.350. The second-order valence-electron chi connectivity index (χ2n) is 6.43. The summed E-state index contributed by atoms with van der Waals surface area (Å²) in [5.41, 5.74) is 0.520. The first-order valence-corrected chi connectivity index (χ1v) is 10.6. The zero-order valence-electron chi connectivity index (χ0n) is 15.8. The van der Waals surface area contributed by atoms with Gasteiger partial charge in [0, 0.05) is 25.1 Å². The molecular weight excluding hydrogens is 383 g/mol. The SMILES string of the molecule is CCN(CC)S(=O)(=O)c1ccc(F)c(C(=O)N[C@H]2CCOc3ccccc32)c1. The van der Waals surface area contributed by atoms with Gasteiger partial charge in [-0.25, -0.2) is 12.8 Å². The number of hydrogen-bond donors (Lipinski definition) is 1. The molecule has 2 aromatic rings. The largest absolute Gasteiger partial charge is 0.493 e. The lowest BCUT2D eigenvalue weighted by molar-refractivity contribution is 0.0920. The van der Waals surface area contributed by atoms with Gasteiger partial charge < -0.3 is 10.1 Å². The molecule has 2 aromatic carbocycles. The lowest BCUT2D eigenvalue weighted by atomic mass is 10.00. The van der Waals surface area contributed by atoms with Crippen LogP contribution in [0.15, 0.2) is 47.4 Å². The van der Waals surface area contributed by atoms with E-state index >= 15 is 0 Å². The second kappa shape index (κ2) is 8.28. The summed E-state index contributed by atoms with van der Waals surface area (Å²) in [6, 6.07) is 10.3.